The van der Waals surface area contributed by atoms with E-state index in [1.807, 2.05) is 11.8 Å². The number of halogens is 2. The number of aliphatic imine (C=N–C) groups is 1. The average molecular weight is 412 g/mol. The lowest BCUT2D eigenvalue weighted by molar-refractivity contribution is -0.126. The number of amidine groups is 1. The van der Waals surface area contributed by atoms with Crippen LogP contribution in [0.2, 0.25) is 10.0 Å². The Labute approximate surface area is 166 Å². The van der Waals surface area contributed by atoms with Gasteiger partial charge in [-0.15, -0.1) is 0 Å². The molecule has 1 heterocycles. The molecular weight excluding hydrogens is 393 g/mol. The number of carbonyl (C=O) groups is 2. The Bertz CT molecular complexity index is 770. The molecule has 2 amide bonds. The maximum atomic E-state index is 12.5. The lowest BCUT2D eigenvalue weighted by atomic mass is 10.3. The molecule has 0 radical (unpaired) electrons. The van der Waals surface area contributed by atoms with Crippen molar-refractivity contribution >= 4 is 57.6 Å². The largest absolute Gasteiger partial charge is 0.339 e. The molecule has 3 rings (SSSR count). The van der Waals surface area contributed by atoms with Crippen LogP contribution in [-0.2, 0) is 9.59 Å². The predicted molar refractivity (Wildman–Crippen MR) is 108 cm³/mol. The van der Waals surface area contributed by atoms with E-state index in [0.717, 1.165) is 24.7 Å². The smallest absolute Gasteiger partial charge is 0.286 e. The minimum Gasteiger partial charge on any atom is -0.339 e. The van der Waals surface area contributed by atoms with E-state index in [1.54, 1.807) is 18.2 Å². The van der Waals surface area contributed by atoms with Gasteiger partial charge in [0.15, 0.2) is 5.17 Å². The summed E-state index contributed by atoms with van der Waals surface area (Å²) in [7, 11) is 0. The molecule has 5 nitrogen and oxygen atoms in total. The summed E-state index contributed by atoms with van der Waals surface area (Å²) < 4.78 is 0. The summed E-state index contributed by atoms with van der Waals surface area (Å²) >= 11 is 13.4. The van der Waals surface area contributed by atoms with Crippen LogP contribution in [0.4, 0.5) is 5.69 Å². The van der Waals surface area contributed by atoms with Crippen LogP contribution in [-0.4, -0.2) is 35.0 Å². The molecule has 1 fully saturated rings. The Hall–Kier alpha value is -1.50. The van der Waals surface area contributed by atoms with Crippen molar-refractivity contribution < 1.29 is 9.59 Å². The number of hydrogen-bond donors (Lipinski definition) is 1. The lowest BCUT2D eigenvalue weighted by Gasteiger charge is -2.20. The van der Waals surface area contributed by atoms with Crippen LogP contribution < -0.4 is 5.32 Å². The van der Waals surface area contributed by atoms with E-state index in [1.165, 1.54) is 18.9 Å². The Morgan fingerprint density at radius 2 is 2.08 bits per heavy atom. The molecule has 1 N–H and O–H groups in total. The molecule has 138 valence electrons. The van der Waals surface area contributed by atoms with Crippen molar-refractivity contribution in [2.45, 2.75) is 26.2 Å². The maximum absolute atomic E-state index is 12.5. The highest BCUT2D eigenvalue weighted by Gasteiger charge is 2.28. The SMILES string of the molecule is CCCN(CC1CC1)C(=O)C=C1SC(Nc2c(Cl)cccc2Cl)=NC1=O. The Balaban J connectivity index is 1.68. The molecule has 1 aromatic carbocycles. The lowest BCUT2D eigenvalue weighted by Crippen LogP contribution is -2.32. The van der Waals surface area contributed by atoms with Crippen LogP contribution in [0.5, 0.6) is 0 Å². The average Bonchev–Trinajstić information content (AvgIpc) is 3.34. The second-order valence-electron chi connectivity index (χ2n) is 6.28. The molecule has 0 saturated heterocycles. The third-order valence-electron chi connectivity index (χ3n) is 4.05. The summed E-state index contributed by atoms with van der Waals surface area (Å²) in [6, 6.07) is 5.12. The zero-order valence-electron chi connectivity index (χ0n) is 14.3. The van der Waals surface area contributed by atoms with Gasteiger partial charge >= 0.3 is 0 Å². The standard InChI is InChI=1S/C18H19Cl2N3O2S/c1-2-8-23(10-11-6-7-11)15(24)9-14-17(25)22-18(26-14)21-16-12(19)4-3-5-13(16)20/h3-5,9,11H,2,6-8,10H2,1H3,(H,21,22,25). The van der Waals surface area contributed by atoms with Gasteiger partial charge in [0, 0.05) is 19.2 Å². The van der Waals surface area contributed by atoms with Gasteiger partial charge in [0.1, 0.15) is 0 Å². The van der Waals surface area contributed by atoms with Gasteiger partial charge in [-0.1, -0.05) is 36.2 Å². The van der Waals surface area contributed by atoms with Gasteiger partial charge < -0.3 is 10.2 Å². The van der Waals surface area contributed by atoms with Crippen LogP contribution in [0.1, 0.15) is 26.2 Å². The van der Waals surface area contributed by atoms with E-state index in [2.05, 4.69) is 10.3 Å². The van der Waals surface area contributed by atoms with E-state index in [4.69, 9.17) is 23.2 Å². The summed E-state index contributed by atoms with van der Waals surface area (Å²) in [6.07, 6.45) is 4.62. The van der Waals surface area contributed by atoms with Gasteiger partial charge in [-0.25, -0.2) is 0 Å². The first-order valence-corrected chi connectivity index (χ1v) is 10.1. The zero-order valence-corrected chi connectivity index (χ0v) is 16.6. The quantitative estimate of drug-likeness (QED) is 0.696. The van der Waals surface area contributed by atoms with Gasteiger partial charge in [-0.05, 0) is 49.1 Å². The molecule has 1 aliphatic heterocycles. The first kappa shape index (κ1) is 19.3. The molecule has 1 aromatic rings. The van der Waals surface area contributed by atoms with E-state index in [9.17, 15) is 9.59 Å². The van der Waals surface area contributed by atoms with Crippen molar-refractivity contribution in [3.8, 4) is 0 Å². The fraction of sp³-hybridized carbons (Fsp3) is 0.389. The zero-order chi connectivity index (χ0) is 18.7. The summed E-state index contributed by atoms with van der Waals surface area (Å²) in [6.45, 7) is 3.49. The molecule has 26 heavy (non-hydrogen) atoms. The van der Waals surface area contributed by atoms with Crippen LogP contribution in [0, 0.1) is 5.92 Å². The molecule has 0 bridgehead atoms. The van der Waals surface area contributed by atoms with Crippen molar-refractivity contribution in [1.29, 1.82) is 0 Å². The van der Waals surface area contributed by atoms with Crippen LogP contribution >= 0.6 is 35.0 Å². The van der Waals surface area contributed by atoms with Crippen molar-refractivity contribution in [1.82, 2.24) is 4.90 Å². The van der Waals surface area contributed by atoms with Gasteiger partial charge in [-0.2, -0.15) is 4.99 Å². The number of amides is 2. The maximum Gasteiger partial charge on any atom is 0.286 e. The summed E-state index contributed by atoms with van der Waals surface area (Å²) in [4.78, 5) is 30.8. The van der Waals surface area contributed by atoms with Crippen molar-refractivity contribution in [2.75, 3.05) is 18.4 Å². The van der Waals surface area contributed by atoms with E-state index in [-0.39, 0.29) is 5.91 Å². The Morgan fingerprint density at radius 3 is 2.69 bits per heavy atom. The van der Waals surface area contributed by atoms with Crippen LogP contribution in [0.25, 0.3) is 0 Å². The number of nitrogens with zero attached hydrogens (tertiary/aromatic N) is 2. The second-order valence-corrected chi connectivity index (χ2v) is 8.13. The number of nitrogens with one attached hydrogen (secondary N) is 1. The third-order valence-corrected chi connectivity index (χ3v) is 5.58. The number of benzene rings is 1. The second kappa shape index (κ2) is 8.46. The van der Waals surface area contributed by atoms with Crippen molar-refractivity contribution in [2.24, 2.45) is 10.9 Å². The molecule has 1 saturated carbocycles. The topological polar surface area (TPSA) is 61.8 Å². The first-order valence-electron chi connectivity index (χ1n) is 8.50. The summed E-state index contributed by atoms with van der Waals surface area (Å²) in [5, 5.41) is 4.19. The fourth-order valence-electron chi connectivity index (χ4n) is 2.56. The van der Waals surface area contributed by atoms with Gasteiger partial charge in [0.05, 0.1) is 20.6 Å². The monoisotopic (exact) mass is 411 g/mol. The van der Waals surface area contributed by atoms with Gasteiger partial charge in [0.25, 0.3) is 5.91 Å². The number of anilines is 1. The minimum atomic E-state index is -0.433. The Morgan fingerprint density at radius 1 is 1.38 bits per heavy atom. The first-order chi connectivity index (χ1) is 12.5. The molecule has 0 aromatic heterocycles. The fourth-order valence-corrected chi connectivity index (χ4v) is 3.84. The molecule has 8 heteroatoms. The normalized spacial score (nSPS) is 18.2. The highest BCUT2D eigenvalue weighted by Crippen LogP contribution is 2.34. The number of thioether (sulfide) groups is 1. The molecule has 1 aliphatic carbocycles. The minimum absolute atomic E-state index is 0.137. The summed E-state index contributed by atoms with van der Waals surface area (Å²) in [5.74, 6) is 0.0328. The van der Waals surface area contributed by atoms with Crippen LogP contribution in [0.15, 0.2) is 34.2 Å². The predicted octanol–water partition coefficient (Wildman–Crippen LogP) is 4.57. The summed E-state index contributed by atoms with van der Waals surface area (Å²) in [5.41, 5.74) is 0.490. The highest BCUT2D eigenvalue weighted by molar-refractivity contribution is 8.18. The van der Waals surface area contributed by atoms with Gasteiger partial charge in [0.2, 0.25) is 5.91 Å². The van der Waals surface area contributed by atoms with E-state index >= 15 is 0 Å². The molecule has 2 aliphatic rings. The highest BCUT2D eigenvalue weighted by atomic mass is 35.5. The van der Waals surface area contributed by atoms with E-state index in [0.29, 0.717) is 38.3 Å². The Kier molecular flexibility index (Phi) is 6.27. The molecule has 0 atom stereocenters. The number of rotatable bonds is 6. The van der Waals surface area contributed by atoms with E-state index < -0.39 is 5.91 Å². The van der Waals surface area contributed by atoms with Crippen molar-refractivity contribution in [3.63, 3.8) is 0 Å². The van der Waals surface area contributed by atoms with Crippen LogP contribution in [0.3, 0.4) is 0 Å². The number of carbonyl (C=O) groups excluding carboxylic acids is 2. The van der Waals surface area contributed by atoms with Crippen molar-refractivity contribution in [3.05, 3.63) is 39.2 Å². The third kappa shape index (κ3) is 4.81. The number of para-hydroxylation sites is 1. The molecule has 0 spiro atoms. The van der Waals surface area contributed by atoms with Gasteiger partial charge in [-0.3, -0.25) is 9.59 Å². The molecular formula is C18H19Cl2N3O2S. The number of hydrogen-bond acceptors (Lipinski definition) is 4. The molecule has 0 unspecified atom stereocenters.